The Bertz CT molecular complexity index is 794. The van der Waals surface area contributed by atoms with Crippen molar-refractivity contribution in [2.45, 2.75) is 13.1 Å². The number of rotatable bonds is 4. The Morgan fingerprint density at radius 1 is 1.33 bits per heavy atom. The minimum Gasteiger partial charge on any atom is -0.383 e. The summed E-state index contributed by atoms with van der Waals surface area (Å²) >= 11 is 3.28. The number of aryl methyl sites for hydroxylation is 1. The average Bonchev–Trinajstić information content (AvgIpc) is 2.86. The van der Waals surface area contributed by atoms with Gasteiger partial charge in [0.15, 0.2) is 11.5 Å². The lowest BCUT2D eigenvalue weighted by Crippen LogP contribution is -2.07. The Labute approximate surface area is 145 Å². The van der Waals surface area contributed by atoms with Crippen molar-refractivity contribution < 1.29 is 18.0 Å². The van der Waals surface area contributed by atoms with Crippen LogP contribution in [-0.2, 0) is 6.18 Å². The highest BCUT2D eigenvalue weighted by Gasteiger charge is 2.34. The largest absolute Gasteiger partial charge is 0.434 e. The van der Waals surface area contributed by atoms with E-state index in [-0.39, 0.29) is 17.2 Å². The van der Waals surface area contributed by atoms with Crippen LogP contribution in [0.2, 0.25) is 0 Å². The molecule has 4 nitrogen and oxygen atoms in total. The molecule has 24 heavy (non-hydrogen) atoms. The summed E-state index contributed by atoms with van der Waals surface area (Å²) in [7, 11) is 3.53. The molecule has 1 heterocycles. The molecule has 0 aliphatic heterocycles. The molecule has 0 fully saturated rings. The number of carbonyl (C=O) groups is 1. The minimum atomic E-state index is -4.54. The van der Waals surface area contributed by atoms with Crippen LogP contribution in [0.25, 0.3) is 5.69 Å². The van der Waals surface area contributed by atoms with Crippen LogP contribution in [0.3, 0.4) is 0 Å². The first-order valence-corrected chi connectivity index (χ1v) is 7.71. The van der Waals surface area contributed by atoms with E-state index in [4.69, 9.17) is 0 Å². The Kier molecular flexibility index (Phi) is 5.17. The van der Waals surface area contributed by atoms with Crippen LogP contribution in [0.15, 0.2) is 41.1 Å². The highest BCUT2D eigenvalue weighted by Crippen LogP contribution is 2.30. The fourth-order valence-corrected chi connectivity index (χ4v) is 2.44. The maximum absolute atomic E-state index is 12.9. The fraction of sp³-hybridized carbons (Fsp3) is 0.250. The number of hydrogen-bond acceptors (Lipinski definition) is 3. The zero-order valence-electron chi connectivity index (χ0n) is 13.2. The third-order valence-corrected chi connectivity index (χ3v) is 3.67. The van der Waals surface area contributed by atoms with E-state index in [1.54, 1.807) is 43.4 Å². The average molecular weight is 402 g/mol. The number of allylic oxidation sites excluding steroid dienone is 1. The van der Waals surface area contributed by atoms with Crippen LogP contribution in [0.4, 0.5) is 13.2 Å². The van der Waals surface area contributed by atoms with Gasteiger partial charge in [-0.15, -0.1) is 0 Å². The van der Waals surface area contributed by atoms with Crippen molar-refractivity contribution in [2.75, 3.05) is 14.1 Å². The predicted molar refractivity (Wildman–Crippen MR) is 88.2 cm³/mol. The molecule has 1 aromatic heterocycles. The lowest BCUT2D eigenvalue weighted by Gasteiger charge is -2.11. The molecule has 0 radical (unpaired) electrons. The number of benzene rings is 1. The highest BCUT2D eigenvalue weighted by atomic mass is 79.9. The van der Waals surface area contributed by atoms with Crippen LogP contribution in [0.5, 0.6) is 0 Å². The number of imidazole rings is 1. The molecule has 0 spiro atoms. The Morgan fingerprint density at radius 3 is 2.54 bits per heavy atom. The van der Waals surface area contributed by atoms with Crippen LogP contribution in [0, 0.1) is 6.92 Å². The van der Waals surface area contributed by atoms with E-state index in [2.05, 4.69) is 20.9 Å². The van der Waals surface area contributed by atoms with Gasteiger partial charge in [-0.1, -0.05) is 15.9 Å². The number of nitrogens with zero attached hydrogens (tertiary/aromatic N) is 3. The van der Waals surface area contributed by atoms with Gasteiger partial charge in [-0.05, 0) is 25.1 Å². The van der Waals surface area contributed by atoms with Gasteiger partial charge >= 0.3 is 6.18 Å². The molecule has 0 N–H and O–H groups in total. The first kappa shape index (κ1) is 18.3. The molecule has 2 aromatic rings. The van der Waals surface area contributed by atoms with Gasteiger partial charge in [-0.25, -0.2) is 4.98 Å². The standard InChI is InChI=1S/C16H15BrF3N3O/c1-10-21-15(16(18,19)20)9-23(10)13-5-4-11(17)8-12(13)14(24)6-7-22(2)3/h4-9H,1-3H3/b7-6+. The normalized spacial score (nSPS) is 12.0. The van der Waals surface area contributed by atoms with Gasteiger partial charge < -0.3 is 9.47 Å². The molecular formula is C16H15BrF3N3O. The number of carbonyl (C=O) groups excluding carboxylic acids is 1. The van der Waals surface area contributed by atoms with E-state index in [0.717, 1.165) is 6.20 Å². The quantitative estimate of drug-likeness (QED) is 0.568. The summed E-state index contributed by atoms with van der Waals surface area (Å²) in [5, 5.41) is 0. The van der Waals surface area contributed by atoms with Crippen molar-refractivity contribution in [3.05, 3.63) is 58.2 Å². The summed E-state index contributed by atoms with van der Waals surface area (Å²) in [6.07, 6.45) is -0.706. The van der Waals surface area contributed by atoms with Crippen molar-refractivity contribution >= 4 is 21.7 Å². The van der Waals surface area contributed by atoms with Crippen LogP contribution in [-0.4, -0.2) is 34.3 Å². The second kappa shape index (κ2) is 6.80. The molecular weight excluding hydrogens is 387 g/mol. The Balaban J connectivity index is 2.56. The van der Waals surface area contributed by atoms with Gasteiger partial charge in [0.1, 0.15) is 5.82 Å². The van der Waals surface area contributed by atoms with Crippen LogP contribution < -0.4 is 0 Å². The van der Waals surface area contributed by atoms with Crippen molar-refractivity contribution in [2.24, 2.45) is 0 Å². The number of ketones is 1. The summed E-state index contributed by atoms with van der Waals surface area (Å²) in [6, 6.07) is 4.81. The summed E-state index contributed by atoms with van der Waals surface area (Å²) < 4.78 is 40.5. The molecule has 0 bridgehead atoms. The first-order valence-electron chi connectivity index (χ1n) is 6.91. The van der Waals surface area contributed by atoms with Crippen LogP contribution in [0.1, 0.15) is 21.9 Å². The molecule has 0 saturated carbocycles. The molecule has 0 amide bonds. The van der Waals surface area contributed by atoms with Gasteiger partial charge in [0.25, 0.3) is 0 Å². The van der Waals surface area contributed by atoms with E-state index < -0.39 is 11.9 Å². The molecule has 2 rings (SSSR count). The lowest BCUT2D eigenvalue weighted by molar-refractivity contribution is -0.141. The molecule has 0 unspecified atom stereocenters. The van der Waals surface area contributed by atoms with Gasteiger partial charge in [0.05, 0.1) is 5.69 Å². The van der Waals surface area contributed by atoms with Crippen molar-refractivity contribution in [1.29, 1.82) is 0 Å². The third-order valence-electron chi connectivity index (χ3n) is 3.18. The predicted octanol–water partition coefficient (Wildman–Crippen LogP) is 4.22. The molecule has 0 aliphatic rings. The molecule has 0 atom stereocenters. The molecule has 0 aliphatic carbocycles. The van der Waals surface area contributed by atoms with E-state index >= 15 is 0 Å². The van der Waals surface area contributed by atoms with Crippen molar-refractivity contribution in [3.8, 4) is 5.69 Å². The van der Waals surface area contributed by atoms with Crippen molar-refractivity contribution in [3.63, 3.8) is 0 Å². The summed E-state index contributed by atoms with van der Waals surface area (Å²) in [6.45, 7) is 1.46. The Morgan fingerprint density at radius 2 is 2.00 bits per heavy atom. The van der Waals surface area contributed by atoms with E-state index in [0.29, 0.717) is 10.2 Å². The number of alkyl halides is 3. The smallest absolute Gasteiger partial charge is 0.383 e. The molecule has 1 aromatic carbocycles. The summed E-state index contributed by atoms with van der Waals surface area (Å²) in [4.78, 5) is 17.7. The van der Waals surface area contributed by atoms with E-state index in [9.17, 15) is 18.0 Å². The minimum absolute atomic E-state index is 0.148. The summed E-state index contributed by atoms with van der Waals surface area (Å²) in [5.41, 5.74) is -0.381. The monoisotopic (exact) mass is 401 g/mol. The van der Waals surface area contributed by atoms with Crippen LogP contribution >= 0.6 is 15.9 Å². The molecule has 0 saturated heterocycles. The van der Waals surface area contributed by atoms with E-state index in [1.165, 1.54) is 17.6 Å². The lowest BCUT2D eigenvalue weighted by atomic mass is 10.1. The van der Waals surface area contributed by atoms with Gasteiger partial charge in [-0.2, -0.15) is 13.2 Å². The Hall–Kier alpha value is -2.09. The topological polar surface area (TPSA) is 38.1 Å². The number of aromatic nitrogens is 2. The maximum Gasteiger partial charge on any atom is 0.434 e. The van der Waals surface area contributed by atoms with E-state index in [1.807, 2.05) is 0 Å². The maximum atomic E-state index is 12.9. The second-order valence-corrected chi connectivity index (χ2v) is 6.26. The highest BCUT2D eigenvalue weighted by molar-refractivity contribution is 9.10. The zero-order valence-corrected chi connectivity index (χ0v) is 14.8. The van der Waals surface area contributed by atoms with Gasteiger partial charge in [0.2, 0.25) is 0 Å². The third kappa shape index (κ3) is 4.05. The van der Waals surface area contributed by atoms with Gasteiger partial charge in [-0.3, -0.25) is 4.79 Å². The van der Waals surface area contributed by atoms with Crippen molar-refractivity contribution in [1.82, 2.24) is 14.5 Å². The molecule has 8 heteroatoms. The first-order chi connectivity index (χ1) is 11.1. The summed E-state index contributed by atoms with van der Waals surface area (Å²) in [5.74, 6) is -0.169. The molecule has 128 valence electrons. The van der Waals surface area contributed by atoms with Gasteiger partial charge in [0, 0.05) is 42.6 Å². The SMILES string of the molecule is Cc1nc(C(F)(F)F)cn1-c1ccc(Br)cc1C(=O)/C=C/N(C)C. The number of halogens is 4. The number of hydrogen-bond donors (Lipinski definition) is 0. The fourth-order valence-electron chi connectivity index (χ4n) is 2.08. The zero-order chi connectivity index (χ0) is 18.1. The second-order valence-electron chi connectivity index (χ2n) is 5.35.